The number of hydrogen-bond donors (Lipinski definition) is 2. The highest BCUT2D eigenvalue weighted by atomic mass is 16.2. The van der Waals surface area contributed by atoms with E-state index >= 15 is 0 Å². The molecule has 2 aromatic rings. The van der Waals surface area contributed by atoms with E-state index in [0.29, 0.717) is 34.9 Å². The largest absolute Gasteiger partial charge is 0.354 e. The van der Waals surface area contributed by atoms with Crippen LogP contribution in [0.25, 0.3) is 5.70 Å². The van der Waals surface area contributed by atoms with Crippen LogP contribution in [-0.2, 0) is 0 Å². The molecule has 2 fully saturated rings. The van der Waals surface area contributed by atoms with Crippen molar-refractivity contribution < 1.29 is 9.59 Å². The quantitative estimate of drug-likeness (QED) is 0.664. The summed E-state index contributed by atoms with van der Waals surface area (Å²) in [6, 6.07) is 1.91. The Morgan fingerprint density at radius 3 is 2.66 bits per heavy atom. The maximum atomic E-state index is 12.6. The molecule has 8 heteroatoms. The number of aromatic nitrogens is 4. The van der Waals surface area contributed by atoms with Gasteiger partial charge in [-0.15, -0.1) is 0 Å². The van der Waals surface area contributed by atoms with E-state index in [9.17, 15) is 9.59 Å². The standard InChI is InChI=1S/C27H32N6O2/c1-28-27(35)24-14-33(15-29-24)25-9-8-22-21-4-2-16-12-18(32-26(34)17-10-11-30-31-13-17)3-5-19(16)20(21)6-7-23(22)25/h2,9-11,13-15,18-23H,3-8,12H2,1H3,(H,28,35)(H,32,34)/t18-,19?,20?,21?,22?,23?/m0/s1. The first-order chi connectivity index (χ1) is 17.1. The van der Waals surface area contributed by atoms with Crippen LogP contribution in [0, 0.1) is 29.6 Å². The Hall–Kier alpha value is -3.29. The molecule has 5 unspecified atom stereocenters. The molecule has 0 aromatic carbocycles. The van der Waals surface area contributed by atoms with Gasteiger partial charge >= 0.3 is 0 Å². The van der Waals surface area contributed by atoms with Gasteiger partial charge in [-0.25, -0.2) is 4.98 Å². The van der Waals surface area contributed by atoms with Gasteiger partial charge in [-0.3, -0.25) is 9.59 Å². The molecule has 0 saturated heterocycles. The molecule has 0 spiro atoms. The number of allylic oxidation sites excluding steroid dienone is 3. The number of imidazole rings is 1. The highest BCUT2D eigenvalue weighted by Crippen LogP contribution is 2.56. The summed E-state index contributed by atoms with van der Waals surface area (Å²) in [6.45, 7) is 0. The minimum Gasteiger partial charge on any atom is -0.354 e. The van der Waals surface area contributed by atoms with Gasteiger partial charge in [0, 0.05) is 30.9 Å². The summed E-state index contributed by atoms with van der Waals surface area (Å²) in [6.07, 6.45) is 19.5. The Bertz CT molecular complexity index is 1190. The molecule has 6 rings (SSSR count). The summed E-state index contributed by atoms with van der Waals surface area (Å²) in [7, 11) is 1.64. The van der Waals surface area contributed by atoms with Crippen molar-refractivity contribution in [2.24, 2.45) is 29.6 Å². The van der Waals surface area contributed by atoms with Gasteiger partial charge in [0.1, 0.15) is 5.69 Å². The number of carbonyl (C=O) groups is 2. The molecular formula is C27H32N6O2. The molecule has 2 heterocycles. The third-order valence-electron chi connectivity index (χ3n) is 8.88. The number of amides is 2. The molecule has 35 heavy (non-hydrogen) atoms. The van der Waals surface area contributed by atoms with Crippen molar-refractivity contribution in [1.82, 2.24) is 30.4 Å². The second-order valence-corrected chi connectivity index (χ2v) is 10.5. The number of hydrogen-bond acceptors (Lipinski definition) is 5. The summed E-state index contributed by atoms with van der Waals surface area (Å²) in [5, 5.41) is 13.5. The fourth-order valence-electron chi connectivity index (χ4n) is 7.32. The molecule has 2 saturated carbocycles. The molecular weight excluding hydrogens is 440 g/mol. The average Bonchev–Trinajstić information content (AvgIpc) is 3.56. The first-order valence-electron chi connectivity index (χ1n) is 12.9. The Balaban J connectivity index is 1.12. The van der Waals surface area contributed by atoms with Gasteiger partial charge in [-0.1, -0.05) is 17.7 Å². The summed E-state index contributed by atoms with van der Waals surface area (Å²) in [5.74, 6) is 3.13. The maximum absolute atomic E-state index is 12.6. The molecule has 2 aromatic heterocycles. The second kappa shape index (κ2) is 9.06. The summed E-state index contributed by atoms with van der Waals surface area (Å²) >= 11 is 0. The number of rotatable bonds is 4. The zero-order chi connectivity index (χ0) is 23.9. The smallest absolute Gasteiger partial charge is 0.271 e. The number of nitrogens with one attached hydrogen (secondary N) is 2. The van der Waals surface area contributed by atoms with Gasteiger partial charge < -0.3 is 15.2 Å². The molecule has 0 bridgehead atoms. The Morgan fingerprint density at radius 1 is 0.971 bits per heavy atom. The summed E-state index contributed by atoms with van der Waals surface area (Å²) in [5.41, 5.74) is 3.93. The Labute approximate surface area is 205 Å². The van der Waals surface area contributed by atoms with Crippen molar-refractivity contribution in [2.45, 2.75) is 51.0 Å². The fraction of sp³-hybridized carbons (Fsp3) is 0.519. The zero-order valence-corrected chi connectivity index (χ0v) is 20.1. The van der Waals surface area contributed by atoms with Crippen molar-refractivity contribution >= 4 is 17.5 Å². The van der Waals surface area contributed by atoms with Crippen LogP contribution < -0.4 is 10.6 Å². The van der Waals surface area contributed by atoms with Gasteiger partial charge in [0.15, 0.2) is 0 Å². The van der Waals surface area contributed by atoms with Gasteiger partial charge in [-0.2, -0.15) is 10.2 Å². The lowest BCUT2D eigenvalue weighted by molar-refractivity contribution is 0.0687. The lowest BCUT2D eigenvalue weighted by Crippen LogP contribution is -2.44. The van der Waals surface area contributed by atoms with Gasteiger partial charge in [-0.05, 0) is 74.7 Å². The molecule has 2 amide bonds. The first-order valence-corrected chi connectivity index (χ1v) is 12.9. The fourth-order valence-corrected chi connectivity index (χ4v) is 7.32. The highest BCUT2D eigenvalue weighted by molar-refractivity contribution is 5.94. The predicted octanol–water partition coefficient (Wildman–Crippen LogP) is 3.46. The van der Waals surface area contributed by atoms with E-state index in [1.807, 2.05) is 6.20 Å². The van der Waals surface area contributed by atoms with Crippen molar-refractivity contribution in [1.29, 1.82) is 0 Å². The molecule has 4 aliphatic rings. The van der Waals surface area contributed by atoms with Crippen LogP contribution >= 0.6 is 0 Å². The van der Waals surface area contributed by atoms with E-state index in [-0.39, 0.29) is 17.9 Å². The zero-order valence-electron chi connectivity index (χ0n) is 20.1. The number of nitrogens with zero attached hydrogens (tertiary/aromatic N) is 4. The summed E-state index contributed by atoms with van der Waals surface area (Å²) in [4.78, 5) is 28.9. The van der Waals surface area contributed by atoms with E-state index in [1.165, 1.54) is 24.7 Å². The molecule has 182 valence electrons. The van der Waals surface area contributed by atoms with E-state index in [2.05, 4.69) is 42.5 Å². The third kappa shape index (κ3) is 3.98. The van der Waals surface area contributed by atoms with E-state index in [4.69, 9.17) is 0 Å². The minimum absolute atomic E-state index is 0.0539. The highest BCUT2D eigenvalue weighted by Gasteiger charge is 2.48. The van der Waals surface area contributed by atoms with Crippen LogP contribution in [0.3, 0.4) is 0 Å². The normalized spacial score (nSPS) is 31.3. The van der Waals surface area contributed by atoms with Crippen molar-refractivity contribution in [3.8, 4) is 0 Å². The second-order valence-electron chi connectivity index (χ2n) is 10.5. The van der Waals surface area contributed by atoms with E-state index in [0.717, 1.165) is 38.0 Å². The van der Waals surface area contributed by atoms with Gasteiger partial charge in [0.2, 0.25) is 0 Å². The number of carbonyl (C=O) groups excluding carboxylic acids is 2. The topological polar surface area (TPSA) is 102 Å². The predicted molar refractivity (Wildman–Crippen MR) is 131 cm³/mol. The lowest BCUT2D eigenvalue weighted by Gasteiger charge is -2.49. The molecule has 0 aliphatic heterocycles. The van der Waals surface area contributed by atoms with Crippen LogP contribution in [0.2, 0.25) is 0 Å². The van der Waals surface area contributed by atoms with Crippen molar-refractivity contribution in [3.05, 3.63) is 60.0 Å². The van der Waals surface area contributed by atoms with Gasteiger partial charge in [0.05, 0.1) is 24.3 Å². The SMILES string of the molecule is CNC(=O)c1cn(C2=CCC3C2CCC2C4CC[C@H](NC(=O)c5ccnnc5)CC4=CCC23)cn1. The van der Waals surface area contributed by atoms with Crippen LogP contribution in [0.1, 0.15) is 65.8 Å². The van der Waals surface area contributed by atoms with Crippen molar-refractivity contribution in [2.75, 3.05) is 7.05 Å². The Morgan fingerprint density at radius 2 is 1.83 bits per heavy atom. The molecule has 4 aliphatic carbocycles. The Kier molecular flexibility index (Phi) is 5.74. The van der Waals surface area contributed by atoms with Crippen LogP contribution in [0.4, 0.5) is 0 Å². The molecule has 8 nitrogen and oxygen atoms in total. The van der Waals surface area contributed by atoms with E-state index in [1.54, 1.807) is 31.2 Å². The third-order valence-corrected chi connectivity index (χ3v) is 8.88. The maximum Gasteiger partial charge on any atom is 0.271 e. The van der Waals surface area contributed by atoms with Crippen LogP contribution in [0.5, 0.6) is 0 Å². The first kappa shape index (κ1) is 22.2. The van der Waals surface area contributed by atoms with Crippen LogP contribution in [-0.4, -0.2) is 44.7 Å². The number of fused-ring (bicyclic) bond motifs is 5. The lowest BCUT2D eigenvalue weighted by atomic mass is 9.56. The molecule has 6 atom stereocenters. The summed E-state index contributed by atoms with van der Waals surface area (Å²) < 4.78 is 2.08. The average molecular weight is 473 g/mol. The van der Waals surface area contributed by atoms with Crippen molar-refractivity contribution in [3.63, 3.8) is 0 Å². The molecule has 0 radical (unpaired) electrons. The van der Waals surface area contributed by atoms with E-state index < -0.39 is 0 Å². The van der Waals surface area contributed by atoms with Gasteiger partial charge in [0.25, 0.3) is 11.8 Å². The minimum atomic E-state index is -0.142. The monoisotopic (exact) mass is 472 g/mol. The molecule has 2 N–H and O–H groups in total. The van der Waals surface area contributed by atoms with Crippen LogP contribution in [0.15, 0.2) is 48.7 Å².